The second-order valence-electron chi connectivity index (χ2n) is 3.25. The number of nitrogens with zero attached hydrogens (tertiary/aromatic N) is 8. The van der Waals surface area contributed by atoms with E-state index in [1.165, 1.54) is 18.2 Å². The highest BCUT2D eigenvalue weighted by atomic mass is 15.4. The first-order valence-corrected chi connectivity index (χ1v) is 4.90. The van der Waals surface area contributed by atoms with Crippen LogP contribution >= 0.6 is 0 Å². The topological polar surface area (TPSA) is 155 Å². The summed E-state index contributed by atoms with van der Waals surface area (Å²) in [7, 11) is 0. The molecule has 0 unspecified atom stereocenters. The van der Waals surface area contributed by atoms with Crippen molar-refractivity contribution in [3.63, 3.8) is 0 Å². The van der Waals surface area contributed by atoms with E-state index in [-0.39, 0.29) is 17.1 Å². The minimum Gasteiger partial charge on any atom is -0.234 e. The van der Waals surface area contributed by atoms with Crippen LogP contribution in [0.25, 0.3) is 0 Å². The number of rotatable bonds is 3. The zero-order valence-electron chi connectivity index (χ0n) is 9.89. The number of nitriles is 5. The first kappa shape index (κ1) is 14.1. The van der Waals surface area contributed by atoms with E-state index in [0.29, 0.717) is 14.8 Å². The molecule has 9 heteroatoms. The molecule has 0 radical (unpaired) electrons. The van der Waals surface area contributed by atoms with Gasteiger partial charge in [-0.1, -0.05) is 0 Å². The minimum absolute atomic E-state index is 0.0729. The van der Waals surface area contributed by atoms with E-state index >= 15 is 0 Å². The van der Waals surface area contributed by atoms with Crippen LogP contribution in [0.1, 0.15) is 0 Å². The van der Waals surface area contributed by atoms with Gasteiger partial charge in [0, 0.05) is 0 Å². The number of hydrogen-bond donors (Lipinski definition) is 1. The van der Waals surface area contributed by atoms with Gasteiger partial charge in [0.1, 0.15) is 0 Å². The van der Waals surface area contributed by atoms with Crippen molar-refractivity contribution in [2.24, 2.45) is 5.84 Å². The molecule has 9 nitrogen and oxygen atoms in total. The van der Waals surface area contributed by atoms with Gasteiger partial charge in [-0.05, 0) is 18.2 Å². The van der Waals surface area contributed by atoms with E-state index in [1.54, 1.807) is 31.0 Å². The second-order valence-corrected chi connectivity index (χ2v) is 3.25. The Balaban J connectivity index is 3.51. The minimum atomic E-state index is 0.0729. The maximum absolute atomic E-state index is 8.81. The van der Waals surface area contributed by atoms with Gasteiger partial charge in [0.2, 0.25) is 0 Å². The highest BCUT2D eigenvalue weighted by Crippen LogP contribution is 2.28. The summed E-state index contributed by atoms with van der Waals surface area (Å²) in [5, 5.41) is 44.7. The van der Waals surface area contributed by atoms with Crippen molar-refractivity contribution in [1.82, 2.24) is 0 Å². The fraction of sp³-hybridized carbons (Fsp3) is 0. The lowest BCUT2D eigenvalue weighted by molar-refractivity contribution is 1.08. The molecule has 0 heterocycles. The van der Waals surface area contributed by atoms with Gasteiger partial charge in [-0.2, -0.15) is 36.1 Å². The summed E-state index contributed by atoms with van der Waals surface area (Å²) in [5.41, 5.74) is 0.262. The van der Waals surface area contributed by atoms with Crippen LogP contribution in [0.2, 0.25) is 0 Å². The molecular weight excluding hydrogens is 258 g/mol. The van der Waals surface area contributed by atoms with E-state index in [2.05, 4.69) is 0 Å². The number of hydrazine groups is 1. The fourth-order valence-electron chi connectivity index (χ4n) is 1.31. The molecule has 0 aliphatic heterocycles. The molecule has 0 spiro atoms. The van der Waals surface area contributed by atoms with E-state index in [0.717, 1.165) is 0 Å². The van der Waals surface area contributed by atoms with E-state index < -0.39 is 0 Å². The largest absolute Gasteiger partial charge is 0.234 e. The summed E-state index contributed by atoms with van der Waals surface area (Å²) in [6.07, 6.45) is 8.03. The van der Waals surface area contributed by atoms with Gasteiger partial charge in [-0.15, -0.1) is 0 Å². The Bertz CT molecular complexity index is 640. The van der Waals surface area contributed by atoms with Gasteiger partial charge in [0.25, 0.3) is 0 Å². The molecule has 1 aromatic carbocycles. The summed E-state index contributed by atoms with van der Waals surface area (Å²) in [4.78, 5) is 1.29. The van der Waals surface area contributed by atoms with Gasteiger partial charge in [0.05, 0.1) is 17.1 Å². The third kappa shape index (κ3) is 2.64. The maximum Gasteiger partial charge on any atom is 0.200 e. The second kappa shape index (κ2) is 6.10. The zero-order chi connectivity index (χ0) is 15.1. The highest BCUT2D eigenvalue weighted by molar-refractivity contribution is 5.74. The molecule has 20 heavy (non-hydrogen) atoms. The molecular formula is C11H5N9. The monoisotopic (exact) mass is 263 g/mol. The van der Waals surface area contributed by atoms with Crippen LogP contribution in [-0.4, -0.2) is 0 Å². The summed E-state index contributed by atoms with van der Waals surface area (Å²) in [6, 6.07) is 3.87. The number of hydrogen-bond acceptors (Lipinski definition) is 9. The predicted molar refractivity (Wildman–Crippen MR) is 66.1 cm³/mol. The standard InChI is InChI=1S/C11H5N9/c12-4-18(5-13)9-1-10(19(6-14)7-15)3-11(2-9)20(17)8-16/h1-3H,17H2. The lowest BCUT2D eigenvalue weighted by Gasteiger charge is -2.15. The Morgan fingerprint density at radius 2 is 1.00 bits per heavy atom. The lowest BCUT2D eigenvalue weighted by atomic mass is 10.2. The quantitative estimate of drug-likeness (QED) is 0.352. The van der Waals surface area contributed by atoms with Crippen molar-refractivity contribution in [3.05, 3.63) is 18.2 Å². The molecule has 0 saturated carbocycles. The molecule has 0 fully saturated rings. The Morgan fingerprint density at radius 3 is 1.30 bits per heavy atom. The van der Waals surface area contributed by atoms with Gasteiger partial charge in [-0.3, -0.25) is 0 Å². The van der Waals surface area contributed by atoms with Crippen LogP contribution in [0, 0.1) is 57.3 Å². The van der Waals surface area contributed by atoms with Crippen LogP contribution in [0.3, 0.4) is 0 Å². The molecule has 0 saturated heterocycles. The molecule has 0 amide bonds. The van der Waals surface area contributed by atoms with Crippen molar-refractivity contribution < 1.29 is 0 Å². The van der Waals surface area contributed by atoms with E-state index in [9.17, 15) is 0 Å². The summed E-state index contributed by atoms with van der Waals surface area (Å²) >= 11 is 0. The van der Waals surface area contributed by atoms with Gasteiger partial charge < -0.3 is 0 Å². The Kier molecular flexibility index (Phi) is 4.30. The van der Waals surface area contributed by atoms with Crippen molar-refractivity contribution >= 4 is 17.1 Å². The zero-order valence-corrected chi connectivity index (χ0v) is 9.89. The van der Waals surface area contributed by atoms with Gasteiger partial charge in [-0.25, -0.2) is 10.9 Å². The number of nitrogens with two attached hydrogens (primary N) is 1. The SMILES string of the molecule is N#CN(N)c1cc(N(C#N)C#N)cc(N(C#N)C#N)c1. The summed E-state index contributed by atoms with van der Waals surface area (Å²) < 4.78 is 0. The molecule has 1 aromatic rings. The highest BCUT2D eigenvalue weighted by Gasteiger charge is 2.14. The van der Waals surface area contributed by atoms with E-state index in [1.807, 2.05) is 0 Å². The van der Waals surface area contributed by atoms with Crippen LogP contribution in [0.4, 0.5) is 17.1 Å². The number of anilines is 3. The third-order valence-electron chi connectivity index (χ3n) is 2.19. The van der Waals surface area contributed by atoms with E-state index in [4.69, 9.17) is 32.2 Å². The van der Waals surface area contributed by atoms with Crippen LogP contribution in [0.15, 0.2) is 18.2 Å². The summed E-state index contributed by atoms with van der Waals surface area (Å²) in [5.74, 6) is 5.40. The molecule has 0 bridgehead atoms. The van der Waals surface area contributed by atoms with Crippen molar-refractivity contribution in [2.45, 2.75) is 0 Å². The van der Waals surface area contributed by atoms with Crippen LogP contribution in [-0.2, 0) is 0 Å². The van der Waals surface area contributed by atoms with Gasteiger partial charge >= 0.3 is 0 Å². The maximum atomic E-state index is 8.81. The Hall–Kier alpha value is -3.97. The third-order valence-corrected chi connectivity index (χ3v) is 2.19. The normalized spacial score (nSPS) is 8.00. The molecule has 0 aromatic heterocycles. The molecule has 94 valence electrons. The summed E-state index contributed by atoms with van der Waals surface area (Å²) in [6.45, 7) is 0. The molecule has 1 rings (SSSR count). The van der Waals surface area contributed by atoms with Crippen molar-refractivity contribution in [2.75, 3.05) is 14.8 Å². The average Bonchev–Trinajstić information content (AvgIpc) is 2.49. The predicted octanol–water partition coefficient (Wildman–Crippen LogP) is 0.385. The molecule has 0 aliphatic carbocycles. The smallest absolute Gasteiger partial charge is 0.200 e. The molecule has 2 N–H and O–H groups in total. The first-order chi connectivity index (χ1) is 9.60. The Labute approximate surface area is 114 Å². The van der Waals surface area contributed by atoms with Crippen molar-refractivity contribution in [3.8, 4) is 31.0 Å². The number of benzene rings is 1. The first-order valence-electron chi connectivity index (χ1n) is 4.90. The Morgan fingerprint density at radius 1 is 0.650 bits per heavy atom. The lowest BCUT2D eigenvalue weighted by Crippen LogP contribution is -2.25. The molecule has 0 atom stereocenters. The van der Waals surface area contributed by atoms with Crippen LogP contribution < -0.4 is 20.7 Å². The fourth-order valence-corrected chi connectivity index (χ4v) is 1.31. The van der Waals surface area contributed by atoms with Crippen molar-refractivity contribution in [1.29, 1.82) is 26.3 Å². The van der Waals surface area contributed by atoms with Gasteiger partial charge in [0.15, 0.2) is 31.0 Å². The van der Waals surface area contributed by atoms with Crippen LogP contribution in [0.5, 0.6) is 0 Å². The average molecular weight is 263 g/mol. The molecule has 0 aliphatic rings.